The highest BCUT2D eigenvalue weighted by atomic mass is 16.5. The first-order chi connectivity index (χ1) is 27.3. The number of carbonyl (C=O) groups excluding carboxylic acids is 3. The van der Waals surface area contributed by atoms with Crippen LogP contribution in [-0.2, 0) is 20.7 Å². The summed E-state index contributed by atoms with van der Waals surface area (Å²) in [6.07, 6.45) is 10.6. The number of nitrogens with one attached hydrogen (secondary N) is 4. The number of benzene rings is 2. The fourth-order valence-electron chi connectivity index (χ4n) is 9.22. The quantitative estimate of drug-likeness (QED) is 0.106. The van der Waals surface area contributed by atoms with E-state index in [2.05, 4.69) is 79.1 Å². The smallest absolute Gasteiger partial charge is 0.407 e. The largest absolute Gasteiger partial charge is 0.453 e. The summed E-state index contributed by atoms with van der Waals surface area (Å²) in [4.78, 5) is 61.8. The van der Waals surface area contributed by atoms with Gasteiger partial charge in [0, 0.05) is 37.3 Å². The summed E-state index contributed by atoms with van der Waals surface area (Å²) in [6.45, 7) is 5.01. The number of rotatable bonds is 12. The van der Waals surface area contributed by atoms with Crippen LogP contribution >= 0.6 is 0 Å². The number of H-pyrrole nitrogens is 2. The second-order valence-electron chi connectivity index (χ2n) is 15.8. The second kappa shape index (κ2) is 16.1. The van der Waals surface area contributed by atoms with Crippen LogP contribution in [0.3, 0.4) is 0 Å². The third-order valence-electron chi connectivity index (χ3n) is 12.1. The Morgan fingerprint density at radius 3 is 2.11 bits per heavy atom. The topological polar surface area (TPSA) is 158 Å². The van der Waals surface area contributed by atoms with Gasteiger partial charge < -0.3 is 30.2 Å². The summed E-state index contributed by atoms with van der Waals surface area (Å²) in [6, 6.07) is 21.9. The number of likely N-dealkylation sites (tertiary alicyclic amines) is 1. The van der Waals surface area contributed by atoms with E-state index in [9.17, 15) is 14.4 Å². The molecule has 12 heteroatoms. The molecule has 2 bridgehead atoms. The van der Waals surface area contributed by atoms with E-state index in [-0.39, 0.29) is 35.6 Å². The minimum absolute atomic E-state index is 0.0592. The molecule has 6 atom stereocenters. The molecule has 3 aromatic heterocycles. The Morgan fingerprint density at radius 2 is 1.46 bits per heavy atom. The Balaban J connectivity index is 0.906. The fraction of sp³-hybridized carbons (Fsp3) is 0.409. The number of methoxy groups -OCH3 is 1. The van der Waals surface area contributed by atoms with Crippen LogP contribution in [0.25, 0.3) is 33.6 Å². The van der Waals surface area contributed by atoms with E-state index in [0.717, 1.165) is 89.5 Å². The Bertz CT molecular complexity index is 2150. The van der Waals surface area contributed by atoms with Crippen molar-refractivity contribution in [3.63, 3.8) is 0 Å². The Kier molecular flexibility index (Phi) is 10.7. The van der Waals surface area contributed by atoms with E-state index in [1.807, 2.05) is 49.3 Å². The van der Waals surface area contributed by atoms with E-state index >= 15 is 0 Å². The van der Waals surface area contributed by atoms with E-state index < -0.39 is 12.1 Å². The lowest BCUT2D eigenvalue weighted by molar-refractivity contribution is -0.135. The van der Waals surface area contributed by atoms with Gasteiger partial charge in [-0.25, -0.2) is 14.8 Å². The first kappa shape index (κ1) is 37.2. The van der Waals surface area contributed by atoms with Crippen LogP contribution in [0.2, 0.25) is 0 Å². The number of amides is 3. The first-order valence-corrected chi connectivity index (χ1v) is 19.9. The molecule has 2 aromatic carbocycles. The molecular weight excluding hydrogens is 705 g/mol. The van der Waals surface area contributed by atoms with Crippen LogP contribution in [0, 0.1) is 23.7 Å². The minimum Gasteiger partial charge on any atom is -0.453 e. The van der Waals surface area contributed by atoms with E-state index in [1.54, 1.807) is 6.20 Å². The van der Waals surface area contributed by atoms with Crippen molar-refractivity contribution in [2.45, 2.75) is 70.4 Å². The molecule has 1 saturated heterocycles. The highest BCUT2D eigenvalue weighted by molar-refractivity contribution is 5.86. The number of ether oxygens (including phenoxy) is 1. The molecule has 8 rings (SSSR count). The molecule has 3 unspecified atom stereocenters. The first-order valence-electron chi connectivity index (χ1n) is 19.9. The van der Waals surface area contributed by atoms with Crippen LogP contribution < -0.4 is 10.6 Å². The molecule has 3 amide bonds. The number of fused-ring (bicyclic) bond motifs is 2. The van der Waals surface area contributed by atoms with Gasteiger partial charge in [0.05, 0.1) is 42.9 Å². The molecule has 4 N–H and O–H groups in total. The fourth-order valence-corrected chi connectivity index (χ4v) is 9.22. The molecule has 56 heavy (non-hydrogen) atoms. The summed E-state index contributed by atoms with van der Waals surface area (Å²) in [5, 5.41) is 5.91. The van der Waals surface area contributed by atoms with Crippen molar-refractivity contribution >= 4 is 17.9 Å². The van der Waals surface area contributed by atoms with Crippen LogP contribution in [0.4, 0.5) is 4.79 Å². The van der Waals surface area contributed by atoms with Gasteiger partial charge in [-0.3, -0.25) is 14.6 Å². The number of hydrogen-bond acceptors (Lipinski definition) is 7. The van der Waals surface area contributed by atoms with Gasteiger partial charge in [0.25, 0.3) is 0 Å². The maximum atomic E-state index is 13.5. The molecule has 0 spiro atoms. The maximum Gasteiger partial charge on any atom is 0.407 e. The molecule has 290 valence electrons. The summed E-state index contributed by atoms with van der Waals surface area (Å²) in [5.41, 5.74) is 7.05. The molecule has 4 heterocycles. The normalized spacial score (nSPS) is 22.0. The van der Waals surface area contributed by atoms with Gasteiger partial charge in [-0.15, -0.1) is 0 Å². The third kappa shape index (κ3) is 7.56. The number of aromatic nitrogens is 5. The highest BCUT2D eigenvalue weighted by Gasteiger charge is 2.52. The van der Waals surface area contributed by atoms with E-state index in [1.165, 1.54) is 7.11 Å². The predicted octanol–water partition coefficient (Wildman–Crippen LogP) is 7.06. The number of alkyl carbamates (subject to hydrolysis) is 1. The highest BCUT2D eigenvalue weighted by Crippen LogP contribution is 2.56. The zero-order valence-electron chi connectivity index (χ0n) is 32.2. The molecule has 3 fully saturated rings. The molecule has 3 aliphatic rings. The molecule has 0 radical (unpaired) electrons. The van der Waals surface area contributed by atoms with Crippen molar-refractivity contribution < 1.29 is 19.1 Å². The molecule has 2 saturated carbocycles. The number of pyridine rings is 1. The standard InChI is InChI=1S/C44H50N8O4/c1-26(2)39(51-44(55)56-3)43(54)52-22-6-8-36(52)40-47-24-34(49-40)29-13-9-27(10-14-29)28-11-15-30(16-12-28)35-25-48-41(50-35)37-31-17-18-32(23-31)38(37)42(53)46-21-19-33-7-4-5-20-45-33/h4-5,7,9-16,20,24-26,31-32,36-39H,6,8,17-19,21-23H2,1-3H3,(H,46,53)(H,47,49)(H,48,50)(H,51,55)/t31?,32?,36-,37?,38-,39-/m0/s1. The Hall–Kier alpha value is -5.78. The predicted molar refractivity (Wildman–Crippen MR) is 213 cm³/mol. The van der Waals surface area contributed by atoms with Crippen molar-refractivity contribution in [3.05, 3.63) is 103 Å². The van der Waals surface area contributed by atoms with Crippen molar-refractivity contribution in [1.29, 1.82) is 0 Å². The van der Waals surface area contributed by atoms with E-state index in [4.69, 9.17) is 9.72 Å². The van der Waals surface area contributed by atoms with Gasteiger partial charge in [-0.05, 0) is 84.2 Å². The Morgan fingerprint density at radius 1 is 0.821 bits per heavy atom. The number of nitrogens with zero attached hydrogens (tertiary/aromatic N) is 4. The van der Waals surface area contributed by atoms with Gasteiger partial charge in [0.15, 0.2) is 0 Å². The number of hydrogen-bond donors (Lipinski definition) is 4. The molecule has 12 nitrogen and oxygen atoms in total. The van der Waals surface area contributed by atoms with Gasteiger partial charge in [0.2, 0.25) is 11.8 Å². The lowest BCUT2D eigenvalue weighted by atomic mass is 9.78. The van der Waals surface area contributed by atoms with Crippen molar-refractivity contribution in [2.75, 3.05) is 20.2 Å². The summed E-state index contributed by atoms with van der Waals surface area (Å²) in [5.74, 6) is 2.50. The summed E-state index contributed by atoms with van der Waals surface area (Å²) < 4.78 is 4.76. The monoisotopic (exact) mass is 754 g/mol. The van der Waals surface area contributed by atoms with Gasteiger partial charge >= 0.3 is 6.09 Å². The molecule has 1 aliphatic heterocycles. The average molecular weight is 755 g/mol. The minimum atomic E-state index is -0.676. The van der Waals surface area contributed by atoms with Crippen LogP contribution in [0.1, 0.15) is 75.3 Å². The average Bonchev–Trinajstić information content (AvgIpc) is 4.09. The number of imidazole rings is 2. The molecule has 5 aromatic rings. The zero-order chi connectivity index (χ0) is 38.8. The number of carbonyl (C=O) groups is 3. The van der Waals surface area contributed by atoms with Crippen molar-refractivity contribution in [3.8, 4) is 33.6 Å². The van der Waals surface area contributed by atoms with Gasteiger partial charge in [-0.1, -0.05) is 68.4 Å². The van der Waals surface area contributed by atoms with Crippen LogP contribution in [-0.4, -0.2) is 74.0 Å². The van der Waals surface area contributed by atoms with Crippen molar-refractivity contribution in [2.24, 2.45) is 23.7 Å². The molecule has 2 aliphatic carbocycles. The van der Waals surface area contributed by atoms with Gasteiger partial charge in [-0.2, -0.15) is 0 Å². The third-order valence-corrected chi connectivity index (χ3v) is 12.1. The Labute approximate surface area is 327 Å². The van der Waals surface area contributed by atoms with Gasteiger partial charge in [0.1, 0.15) is 17.7 Å². The SMILES string of the molecule is COC(=O)N[C@H](C(=O)N1CCC[C@H]1c1ncc(-c2ccc(-c3ccc(-c4cnc(C5C6CCC(C6)[C@@H]5C(=O)NCCc5ccccn5)[nH]4)cc3)cc2)[nH]1)C(C)C. The second-order valence-corrected chi connectivity index (χ2v) is 15.8. The summed E-state index contributed by atoms with van der Waals surface area (Å²) >= 11 is 0. The van der Waals surface area contributed by atoms with Crippen LogP contribution in [0.5, 0.6) is 0 Å². The molecular formula is C44H50N8O4. The number of aromatic amines is 2. The lowest BCUT2D eigenvalue weighted by Crippen LogP contribution is -2.51. The van der Waals surface area contributed by atoms with Crippen LogP contribution in [0.15, 0.2) is 85.3 Å². The zero-order valence-corrected chi connectivity index (χ0v) is 32.2. The van der Waals surface area contributed by atoms with Crippen molar-refractivity contribution in [1.82, 2.24) is 40.5 Å². The maximum absolute atomic E-state index is 13.5. The van der Waals surface area contributed by atoms with E-state index in [0.29, 0.717) is 24.9 Å². The summed E-state index contributed by atoms with van der Waals surface area (Å²) in [7, 11) is 1.30. The lowest BCUT2D eigenvalue weighted by Gasteiger charge is -2.30.